The first-order chi connectivity index (χ1) is 13.6. The highest BCUT2D eigenvalue weighted by atomic mass is 35.5. The van der Waals surface area contributed by atoms with Crippen molar-refractivity contribution in [2.45, 2.75) is 25.9 Å². The van der Waals surface area contributed by atoms with Crippen molar-refractivity contribution in [1.82, 2.24) is 19.9 Å². The molecular formula is C20H17ClN4O2S. The molecule has 0 aliphatic heterocycles. The highest BCUT2D eigenvalue weighted by Crippen LogP contribution is 2.28. The Morgan fingerprint density at radius 1 is 1.25 bits per heavy atom. The number of amides is 1. The molecule has 4 aromatic rings. The summed E-state index contributed by atoms with van der Waals surface area (Å²) in [5, 5.41) is 4.31. The van der Waals surface area contributed by atoms with Crippen LogP contribution in [0.2, 0.25) is 5.02 Å². The predicted molar refractivity (Wildman–Crippen MR) is 112 cm³/mol. The Labute approximate surface area is 169 Å². The van der Waals surface area contributed by atoms with Crippen molar-refractivity contribution in [2.75, 3.05) is 0 Å². The summed E-state index contributed by atoms with van der Waals surface area (Å²) >= 11 is 7.44. The molecular weight excluding hydrogens is 396 g/mol. The fourth-order valence-electron chi connectivity index (χ4n) is 3.15. The van der Waals surface area contributed by atoms with E-state index >= 15 is 0 Å². The first-order valence-corrected chi connectivity index (χ1v) is 10.0. The summed E-state index contributed by atoms with van der Waals surface area (Å²) in [4.78, 5) is 35.3. The van der Waals surface area contributed by atoms with E-state index in [1.807, 2.05) is 37.3 Å². The molecule has 0 saturated carbocycles. The molecule has 1 amide bonds. The van der Waals surface area contributed by atoms with Gasteiger partial charge in [0, 0.05) is 23.2 Å². The number of hydrogen-bond donors (Lipinski definition) is 1. The van der Waals surface area contributed by atoms with Crippen LogP contribution in [0.4, 0.5) is 0 Å². The number of fused-ring (bicyclic) bond motifs is 3. The number of nitrogens with zero attached hydrogens (tertiary/aromatic N) is 3. The third-order valence-corrected chi connectivity index (χ3v) is 6.08. The van der Waals surface area contributed by atoms with Gasteiger partial charge in [0.2, 0.25) is 5.91 Å². The van der Waals surface area contributed by atoms with Crippen LogP contribution >= 0.6 is 22.9 Å². The molecule has 0 fully saturated rings. The zero-order valence-corrected chi connectivity index (χ0v) is 16.6. The number of benzene rings is 1. The van der Waals surface area contributed by atoms with E-state index < -0.39 is 6.04 Å². The molecule has 0 bridgehead atoms. The van der Waals surface area contributed by atoms with Gasteiger partial charge in [0.1, 0.15) is 15.6 Å². The van der Waals surface area contributed by atoms with Gasteiger partial charge >= 0.3 is 0 Å². The molecule has 0 spiro atoms. The molecule has 8 heteroatoms. The monoisotopic (exact) mass is 412 g/mol. The lowest BCUT2D eigenvalue weighted by Gasteiger charge is -2.17. The highest BCUT2D eigenvalue weighted by molar-refractivity contribution is 7.25. The van der Waals surface area contributed by atoms with E-state index in [9.17, 15) is 9.59 Å². The fraction of sp³-hybridized carbons (Fsp3) is 0.200. The summed E-state index contributed by atoms with van der Waals surface area (Å²) in [5.74, 6) is -0.245. The van der Waals surface area contributed by atoms with Crippen molar-refractivity contribution in [3.63, 3.8) is 0 Å². The number of carbonyl (C=O) groups excluding carboxylic acids is 1. The summed E-state index contributed by atoms with van der Waals surface area (Å²) in [6.45, 7) is 2.16. The molecule has 142 valence electrons. The van der Waals surface area contributed by atoms with Crippen molar-refractivity contribution in [3.05, 3.63) is 69.9 Å². The summed E-state index contributed by atoms with van der Waals surface area (Å²) in [7, 11) is 0. The summed E-state index contributed by atoms with van der Waals surface area (Å²) in [6, 6.07) is 10.4. The molecule has 6 nitrogen and oxygen atoms in total. The molecule has 4 rings (SSSR count). The number of carbonyl (C=O) groups is 1. The minimum atomic E-state index is -0.648. The lowest BCUT2D eigenvalue weighted by atomic mass is 10.2. The van der Waals surface area contributed by atoms with E-state index in [1.54, 1.807) is 12.3 Å². The first kappa shape index (κ1) is 18.6. The third kappa shape index (κ3) is 3.27. The van der Waals surface area contributed by atoms with E-state index in [2.05, 4.69) is 15.3 Å². The van der Waals surface area contributed by atoms with Crippen LogP contribution in [-0.4, -0.2) is 20.4 Å². The Kier molecular flexibility index (Phi) is 5.11. The zero-order chi connectivity index (χ0) is 19.7. The van der Waals surface area contributed by atoms with Crippen LogP contribution < -0.4 is 10.9 Å². The molecule has 0 aliphatic carbocycles. The smallest absolute Gasteiger partial charge is 0.272 e. The van der Waals surface area contributed by atoms with Gasteiger partial charge in [-0.25, -0.2) is 9.97 Å². The van der Waals surface area contributed by atoms with E-state index in [1.165, 1.54) is 22.2 Å². The summed E-state index contributed by atoms with van der Waals surface area (Å²) in [6.07, 6.45) is 3.60. The van der Waals surface area contributed by atoms with Crippen LogP contribution in [0.5, 0.6) is 0 Å². The molecule has 1 atom stereocenters. The van der Waals surface area contributed by atoms with Crippen LogP contribution in [-0.2, 0) is 11.3 Å². The molecule has 0 aliphatic rings. The molecule has 28 heavy (non-hydrogen) atoms. The lowest BCUT2D eigenvalue weighted by Crippen LogP contribution is -2.36. The van der Waals surface area contributed by atoms with Gasteiger partial charge in [-0.2, -0.15) is 0 Å². The maximum Gasteiger partial charge on any atom is 0.272 e. The van der Waals surface area contributed by atoms with Gasteiger partial charge in [-0.15, -0.1) is 11.3 Å². The average Bonchev–Trinajstić information content (AvgIpc) is 3.09. The fourth-order valence-corrected chi connectivity index (χ4v) is 4.39. The van der Waals surface area contributed by atoms with Crippen LogP contribution in [0, 0.1) is 0 Å². The Morgan fingerprint density at radius 2 is 2.07 bits per heavy atom. The normalized spacial score (nSPS) is 12.4. The van der Waals surface area contributed by atoms with Gasteiger partial charge in [-0.3, -0.25) is 14.2 Å². The standard InChI is InChI=1S/C20H17ClN4O2S/c1-2-15(18(26)23-10-12-6-3-4-8-14(12)21)25-11-24-16-13-7-5-9-22-19(13)28-17(16)20(25)27/h3-9,11,15H,2,10H2,1H3,(H,23,26)/t15-/m0/s1. The van der Waals surface area contributed by atoms with Gasteiger partial charge in [-0.1, -0.05) is 36.7 Å². The number of aromatic nitrogens is 3. The summed E-state index contributed by atoms with van der Waals surface area (Å²) in [5.41, 5.74) is 1.22. The molecule has 0 saturated heterocycles. The Balaban J connectivity index is 1.65. The minimum Gasteiger partial charge on any atom is -0.350 e. The van der Waals surface area contributed by atoms with Gasteiger partial charge in [0.25, 0.3) is 5.56 Å². The van der Waals surface area contributed by atoms with E-state index in [0.717, 1.165) is 15.8 Å². The number of halogens is 1. The predicted octanol–water partition coefficient (Wildman–Crippen LogP) is 3.93. The van der Waals surface area contributed by atoms with Gasteiger partial charge in [0.15, 0.2) is 0 Å². The van der Waals surface area contributed by atoms with Crippen molar-refractivity contribution in [3.8, 4) is 0 Å². The molecule has 3 heterocycles. The zero-order valence-electron chi connectivity index (χ0n) is 15.1. The van der Waals surface area contributed by atoms with Crippen molar-refractivity contribution >= 4 is 49.3 Å². The average molecular weight is 413 g/mol. The van der Waals surface area contributed by atoms with Gasteiger partial charge < -0.3 is 5.32 Å². The van der Waals surface area contributed by atoms with Gasteiger partial charge in [0.05, 0.1) is 11.8 Å². The number of pyridine rings is 1. The van der Waals surface area contributed by atoms with E-state index in [0.29, 0.717) is 28.2 Å². The van der Waals surface area contributed by atoms with Crippen LogP contribution in [0.1, 0.15) is 24.9 Å². The number of thiophene rings is 1. The van der Waals surface area contributed by atoms with Gasteiger partial charge in [-0.05, 0) is 30.2 Å². The van der Waals surface area contributed by atoms with Crippen molar-refractivity contribution in [2.24, 2.45) is 0 Å². The SMILES string of the molecule is CC[C@@H](C(=O)NCc1ccccc1Cl)n1cnc2c(sc3ncccc32)c1=O. The highest BCUT2D eigenvalue weighted by Gasteiger charge is 2.22. The lowest BCUT2D eigenvalue weighted by molar-refractivity contribution is -0.124. The van der Waals surface area contributed by atoms with Crippen LogP contribution in [0.25, 0.3) is 20.4 Å². The molecule has 1 N–H and O–H groups in total. The van der Waals surface area contributed by atoms with Crippen LogP contribution in [0.3, 0.4) is 0 Å². The molecule has 3 aromatic heterocycles. The summed E-state index contributed by atoms with van der Waals surface area (Å²) < 4.78 is 1.91. The first-order valence-electron chi connectivity index (χ1n) is 8.85. The Morgan fingerprint density at radius 3 is 2.86 bits per heavy atom. The minimum absolute atomic E-state index is 0.229. The Hall–Kier alpha value is -2.77. The number of rotatable bonds is 5. The maximum absolute atomic E-state index is 13.0. The van der Waals surface area contributed by atoms with Crippen LogP contribution in [0.15, 0.2) is 53.7 Å². The van der Waals surface area contributed by atoms with Crippen molar-refractivity contribution in [1.29, 1.82) is 0 Å². The second-order valence-electron chi connectivity index (χ2n) is 6.33. The molecule has 1 aromatic carbocycles. The maximum atomic E-state index is 13.0. The number of hydrogen-bond acceptors (Lipinski definition) is 5. The Bertz CT molecular complexity index is 1230. The second-order valence-corrected chi connectivity index (χ2v) is 7.73. The molecule has 0 unspecified atom stereocenters. The van der Waals surface area contributed by atoms with E-state index in [-0.39, 0.29) is 11.5 Å². The third-order valence-electron chi connectivity index (χ3n) is 4.62. The number of nitrogens with one attached hydrogen (secondary N) is 1. The molecule has 0 radical (unpaired) electrons. The van der Waals surface area contributed by atoms with E-state index in [4.69, 9.17) is 11.6 Å². The second kappa shape index (κ2) is 7.69. The largest absolute Gasteiger partial charge is 0.350 e. The topological polar surface area (TPSA) is 76.9 Å². The van der Waals surface area contributed by atoms with Crippen molar-refractivity contribution < 1.29 is 4.79 Å². The quantitative estimate of drug-likeness (QED) is 0.538.